The summed E-state index contributed by atoms with van der Waals surface area (Å²) in [6.45, 7) is 0. The van der Waals surface area contributed by atoms with Gasteiger partial charge in [0.2, 0.25) is 11.5 Å². The molecule has 1 aliphatic heterocycles. The molecule has 0 aliphatic carbocycles. The van der Waals surface area contributed by atoms with Gasteiger partial charge < -0.3 is 20.1 Å². The third kappa shape index (κ3) is 4.91. The number of aliphatic hydroxyl groups is 1. The Balaban J connectivity index is 1.37. The summed E-state index contributed by atoms with van der Waals surface area (Å²) in [4.78, 5) is 29.1. The highest BCUT2D eigenvalue weighted by Crippen LogP contribution is 2.46. The number of H-pyrrole nitrogens is 1. The van der Waals surface area contributed by atoms with Gasteiger partial charge in [-0.15, -0.1) is 11.8 Å². The molecule has 0 unspecified atom stereocenters. The Labute approximate surface area is 217 Å². The van der Waals surface area contributed by atoms with Gasteiger partial charge >= 0.3 is 0 Å². The van der Waals surface area contributed by atoms with Crippen molar-refractivity contribution >= 4 is 35.0 Å². The minimum Gasteiger partial charge on any atom is -0.508 e. The van der Waals surface area contributed by atoms with Gasteiger partial charge in [0.1, 0.15) is 11.0 Å². The number of phenolic OH excluding ortho intramolecular Hbond substituents is 1. The molecule has 1 aliphatic rings. The molecule has 3 atom stereocenters. The van der Waals surface area contributed by atoms with Gasteiger partial charge in [0.15, 0.2) is 0 Å². The first-order valence-corrected chi connectivity index (χ1v) is 12.8. The van der Waals surface area contributed by atoms with Crippen LogP contribution >= 0.6 is 23.4 Å². The van der Waals surface area contributed by atoms with Gasteiger partial charge in [0.25, 0.3) is 0 Å². The summed E-state index contributed by atoms with van der Waals surface area (Å²) in [7, 11) is 0. The van der Waals surface area contributed by atoms with Crippen LogP contribution in [0.15, 0.2) is 95.9 Å². The first kappa shape index (κ1) is 24.2. The van der Waals surface area contributed by atoms with E-state index in [1.807, 2.05) is 36.4 Å². The van der Waals surface area contributed by atoms with E-state index in [1.54, 1.807) is 53.6 Å². The number of halogens is 1. The van der Waals surface area contributed by atoms with Gasteiger partial charge in [0.05, 0.1) is 12.1 Å². The number of aliphatic hydroxyl groups excluding tert-OH is 1. The lowest BCUT2D eigenvalue weighted by atomic mass is 9.92. The topological polar surface area (TPSA) is 93.6 Å². The highest BCUT2D eigenvalue weighted by atomic mass is 35.5. The van der Waals surface area contributed by atoms with E-state index in [-0.39, 0.29) is 28.5 Å². The molecular weight excluding hydrogens is 496 g/mol. The molecule has 4 aromatic rings. The van der Waals surface area contributed by atoms with Crippen LogP contribution in [0.1, 0.15) is 23.3 Å². The minimum atomic E-state index is -0.730. The van der Waals surface area contributed by atoms with E-state index in [2.05, 4.69) is 4.98 Å². The van der Waals surface area contributed by atoms with E-state index in [0.29, 0.717) is 10.8 Å². The summed E-state index contributed by atoms with van der Waals surface area (Å²) in [5.41, 5.74) is 4.02. The summed E-state index contributed by atoms with van der Waals surface area (Å²) < 4.78 is 0. The van der Waals surface area contributed by atoms with Crippen LogP contribution in [0, 0.1) is 0 Å². The van der Waals surface area contributed by atoms with Crippen LogP contribution in [-0.4, -0.2) is 32.1 Å². The van der Waals surface area contributed by atoms with Crippen molar-refractivity contribution in [2.45, 2.75) is 17.4 Å². The van der Waals surface area contributed by atoms with Gasteiger partial charge in [0, 0.05) is 28.7 Å². The standard InChI is InChI=1S/C28H23ClN2O4S/c29-21-8-1-18(2-9-21)24(33)16-36-27-26(19-5-12-23(32)13-6-19)31(28(27)35)22-10-3-17(4-11-22)20-7-14-25(34)30-15-20/h1-15,24,26-27,32-33H,16H2,(H,30,34)/t24-,26+,27+/m0/s1. The molecule has 1 saturated heterocycles. The molecule has 1 amide bonds. The number of nitrogens with one attached hydrogen (secondary N) is 1. The molecule has 8 heteroatoms. The van der Waals surface area contributed by atoms with E-state index in [4.69, 9.17) is 11.6 Å². The summed E-state index contributed by atoms with van der Waals surface area (Å²) in [6, 6.07) is 24.5. The average Bonchev–Trinajstić information content (AvgIpc) is 2.89. The Morgan fingerprint density at radius 3 is 2.19 bits per heavy atom. The van der Waals surface area contributed by atoms with Gasteiger partial charge in [-0.05, 0) is 64.7 Å². The van der Waals surface area contributed by atoms with Crippen molar-refractivity contribution in [2.75, 3.05) is 10.7 Å². The molecule has 36 heavy (non-hydrogen) atoms. The number of hydrogen-bond acceptors (Lipinski definition) is 5. The number of pyridine rings is 1. The number of phenols is 1. The number of carbonyl (C=O) groups excluding carboxylic acids is 1. The molecule has 0 saturated carbocycles. The van der Waals surface area contributed by atoms with E-state index in [9.17, 15) is 19.8 Å². The van der Waals surface area contributed by atoms with E-state index >= 15 is 0 Å². The number of amides is 1. The summed E-state index contributed by atoms with van der Waals surface area (Å²) >= 11 is 7.36. The van der Waals surface area contributed by atoms with E-state index in [1.165, 1.54) is 17.8 Å². The second kappa shape index (κ2) is 10.2. The lowest BCUT2D eigenvalue weighted by Crippen LogP contribution is -2.57. The number of anilines is 1. The molecule has 3 aromatic carbocycles. The van der Waals surface area contributed by atoms with Crippen molar-refractivity contribution in [1.82, 2.24) is 4.98 Å². The highest BCUT2D eigenvalue weighted by Gasteiger charge is 2.49. The second-order valence-electron chi connectivity index (χ2n) is 8.55. The first-order chi connectivity index (χ1) is 17.4. The fourth-order valence-corrected chi connectivity index (χ4v) is 5.71. The van der Waals surface area contributed by atoms with Gasteiger partial charge in [-0.2, -0.15) is 0 Å². The van der Waals surface area contributed by atoms with Crippen molar-refractivity contribution in [1.29, 1.82) is 0 Å². The monoisotopic (exact) mass is 518 g/mol. The second-order valence-corrected chi connectivity index (χ2v) is 10.2. The van der Waals surface area contributed by atoms with Gasteiger partial charge in [-0.1, -0.05) is 48.0 Å². The maximum absolute atomic E-state index is 13.3. The molecule has 0 bridgehead atoms. The first-order valence-electron chi connectivity index (χ1n) is 11.4. The number of β-lactam (4-membered cyclic amide) rings is 1. The molecular formula is C28H23ClN2O4S. The molecule has 1 aromatic heterocycles. The Kier molecular flexibility index (Phi) is 6.87. The SMILES string of the molecule is O=C1[C@H](SC[C@H](O)c2ccc(Cl)cc2)[C@@H](c2ccc(O)cc2)N1c1ccc(-c2ccc(=O)[nH]c2)cc1. The number of aromatic nitrogens is 1. The summed E-state index contributed by atoms with van der Waals surface area (Å²) in [5.74, 6) is 0.466. The predicted molar refractivity (Wildman–Crippen MR) is 143 cm³/mol. The third-order valence-electron chi connectivity index (χ3n) is 6.23. The highest BCUT2D eigenvalue weighted by molar-refractivity contribution is 8.00. The largest absolute Gasteiger partial charge is 0.508 e. The van der Waals surface area contributed by atoms with Crippen LogP contribution in [-0.2, 0) is 4.79 Å². The van der Waals surface area contributed by atoms with Gasteiger partial charge in [-0.3, -0.25) is 9.59 Å². The summed E-state index contributed by atoms with van der Waals surface area (Å²) in [6.07, 6.45) is 0.926. The van der Waals surface area contributed by atoms with Crippen molar-refractivity contribution < 1.29 is 15.0 Å². The third-order valence-corrected chi connectivity index (χ3v) is 7.81. The maximum atomic E-state index is 13.3. The number of carbonyl (C=O) groups is 1. The Hall–Kier alpha value is -3.52. The molecule has 6 nitrogen and oxygen atoms in total. The number of rotatable bonds is 7. The van der Waals surface area contributed by atoms with Crippen LogP contribution in [0.4, 0.5) is 5.69 Å². The fourth-order valence-electron chi connectivity index (χ4n) is 4.29. The molecule has 3 N–H and O–H groups in total. The lowest BCUT2D eigenvalue weighted by Gasteiger charge is -2.47. The normalized spacial score (nSPS) is 18.1. The lowest BCUT2D eigenvalue weighted by molar-refractivity contribution is -0.123. The van der Waals surface area contributed by atoms with Crippen LogP contribution in [0.25, 0.3) is 11.1 Å². The van der Waals surface area contributed by atoms with Crippen LogP contribution in [0.5, 0.6) is 5.75 Å². The number of benzene rings is 3. The molecule has 0 spiro atoms. The smallest absolute Gasteiger partial charge is 0.247 e. The number of aromatic hydroxyl groups is 1. The Morgan fingerprint density at radius 2 is 1.56 bits per heavy atom. The molecule has 1 fully saturated rings. The maximum Gasteiger partial charge on any atom is 0.247 e. The zero-order valence-corrected chi connectivity index (χ0v) is 20.6. The number of hydrogen-bond donors (Lipinski definition) is 3. The van der Waals surface area contributed by atoms with E-state index < -0.39 is 6.10 Å². The molecule has 182 valence electrons. The Bertz CT molecular complexity index is 1400. The number of nitrogens with zero attached hydrogens (tertiary/aromatic N) is 1. The van der Waals surface area contributed by atoms with Crippen molar-refractivity contribution in [3.63, 3.8) is 0 Å². The van der Waals surface area contributed by atoms with Crippen LogP contribution in [0.3, 0.4) is 0 Å². The minimum absolute atomic E-state index is 0.0434. The Morgan fingerprint density at radius 1 is 0.889 bits per heavy atom. The molecule has 2 heterocycles. The van der Waals surface area contributed by atoms with Crippen molar-refractivity contribution in [3.8, 4) is 16.9 Å². The van der Waals surface area contributed by atoms with E-state index in [0.717, 1.165) is 27.9 Å². The quantitative estimate of drug-likeness (QED) is 0.288. The average molecular weight is 519 g/mol. The van der Waals surface area contributed by atoms with Crippen molar-refractivity contribution in [3.05, 3.63) is 118 Å². The fraction of sp³-hybridized carbons (Fsp3) is 0.143. The molecule has 0 radical (unpaired) electrons. The van der Waals surface area contributed by atoms with Gasteiger partial charge in [-0.25, -0.2) is 0 Å². The summed E-state index contributed by atoms with van der Waals surface area (Å²) in [5, 5.41) is 20.6. The molecule has 5 rings (SSSR count). The van der Waals surface area contributed by atoms with Crippen molar-refractivity contribution in [2.24, 2.45) is 0 Å². The van der Waals surface area contributed by atoms with Crippen LogP contribution in [0.2, 0.25) is 5.02 Å². The predicted octanol–water partition coefficient (Wildman–Crippen LogP) is 5.32. The number of thioether (sulfide) groups is 1. The number of aromatic amines is 1. The zero-order valence-electron chi connectivity index (χ0n) is 19.0. The van der Waals surface area contributed by atoms with Crippen LogP contribution < -0.4 is 10.5 Å². The zero-order chi connectivity index (χ0) is 25.2.